The molecule has 2 aromatic carbocycles. The second-order valence-electron chi connectivity index (χ2n) is 6.95. The van der Waals surface area contributed by atoms with Gasteiger partial charge in [0.2, 0.25) is 0 Å². The maximum absolute atomic E-state index is 12.1. The normalized spacial score (nSPS) is 16.6. The molecule has 30 heavy (non-hydrogen) atoms. The maximum Gasteiger partial charge on any atom is 0.342 e. The van der Waals surface area contributed by atoms with E-state index in [2.05, 4.69) is 22.3 Å². The highest BCUT2D eigenvalue weighted by molar-refractivity contribution is 5.94. The van der Waals surface area contributed by atoms with Crippen LogP contribution in [-0.4, -0.2) is 67.9 Å². The molecule has 0 bridgehead atoms. The molecule has 3 rings (SSSR count). The zero-order valence-electron chi connectivity index (χ0n) is 16.9. The molecule has 0 aromatic heterocycles. The number of morpholine rings is 1. The van der Waals surface area contributed by atoms with Gasteiger partial charge in [0.05, 0.1) is 19.8 Å². The van der Waals surface area contributed by atoms with E-state index in [-0.39, 0.29) is 23.2 Å². The van der Waals surface area contributed by atoms with Crippen molar-refractivity contribution < 1.29 is 28.9 Å². The van der Waals surface area contributed by atoms with Gasteiger partial charge in [-0.1, -0.05) is 36.4 Å². The highest BCUT2D eigenvalue weighted by Gasteiger charge is 2.22. The number of phenols is 1. The van der Waals surface area contributed by atoms with Crippen molar-refractivity contribution in [2.75, 3.05) is 40.0 Å². The minimum Gasteiger partial charge on any atom is -0.504 e. The van der Waals surface area contributed by atoms with Crippen LogP contribution in [0.3, 0.4) is 0 Å². The third-order valence-corrected chi connectivity index (χ3v) is 4.77. The number of benzene rings is 2. The molecule has 0 saturated carbocycles. The summed E-state index contributed by atoms with van der Waals surface area (Å²) in [5.41, 5.74) is 1.17. The highest BCUT2D eigenvalue weighted by atomic mass is 16.5. The van der Waals surface area contributed by atoms with Crippen LogP contribution >= 0.6 is 0 Å². The van der Waals surface area contributed by atoms with Crippen molar-refractivity contribution in [3.8, 4) is 11.5 Å². The predicted molar refractivity (Wildman–Crippen MR) is 109 cm³/mol. The molecule has 1 unspecified atom stereocenters. The largest absolute Gasteiger partial charge is 0.504 e. The summed E-state index contributed by atoms with van der Waals surface area (Å²) in [6.45, 7) is 2.84. The molecule has 1 aliphatic heterocycles. The highest BCUT2D eigenvalue weighted by Crippen LogP contribution is 2.29. The first kappa shape index (κ1) is 21.6. The molecular formula is C22H26N2O6. The van der Waals surface area contributed by atoms with E-state index in [0.29, 0.717) is 19.7 Å². The standard InChI is InChI=1S/C22H26N2O6/c1-28-19-9-5-8-18(21(19)26)22(27)30-15-20(25)23-12-17-14-24(10-11-29-17)13-16-6-3-2-4-7-16/h2-9,17,26H,10-15H2,1H3,(H,23,25). The number of carbonyl (C=O) groups excluding carboxylic acids is 2. The van der Waals surface area contributed by atoms with Gasteiger partial charge in [0.15, 0.2) is 18.1 Å². The third-order valence-electron chi connectivity index (χ3n) is 4.77. The van der Waals surface area contributed by atoms with Crippen molar-refractivity contribution in [1.29, 1.82) is 0 Å². The molecule has 8 nitrogen and oxygen atoms in total. The average molecular weight is 414 g/mol. The summed E-state index contributed by atoms with van der Waals surface area (Å²) in [5, 5.41) is 12.7. The lowest BCUT2D eigenvalue weighted by molar-refractivity contribution is -0.125. The lowest BCUT2D eigenvalue weighted by Gasteiger charge is -2.33. The van der Waals surface area contributed by atoms with E-state index in [9.17, 15) is 14.7 Å². The Morgan fingerprint density at radius 1 is 1.20 bits per heavy atom. The van der Waals surface area contributed by atoms with Crippen LogP contribution in [0.15, 0.2) is 48.5 Å². The van der Waals surface area contributed by atoms with E-state index in [1.807, 2.05) is 18.2 Å². The number of nitrogens with one attached hydrogen (secondary N) is 1. The number of hydrogen-bond donors (Lipinski definition) is 2. The zero-order valence-corrected chi connectivity index (χ0v) is 16.9. The van der Waals surface area contributed by atoms with Gasteiger partial charge in [0, 0.05) is 26.2 Å². The van der Waals surface area contributed by atoms with Crippen molar-refractivity contribution in [2.24, 2.45) is 0 Å². The average Bonchev–Trinajstić information content (AvgIpc) is 2.77. The minimum absolute atomic E-state index is 0.0608. The number of aromatic hydroxyl groups is 1. The molecule has 0 spiro atoms. The number of esters is 1. The molecule has 0 radical (unpaired) electrons. The van der Waals surface area contributed by atoms with Gasteiger partial charge in [0.1, 0.15) is 5.56 Å². The van der Waals surface area contributed by atoms with Gasteiger partial charge in [-0.3, -0.25) is 9.69 Å². The van der Waals surface area contributed by atoms with Gasteiger partial charge < -0.3 is 24.6 Å². The first-order valence-corrected chi connectivity index (χ1v) is 9.74. The fourth-order valence-electron chi connectivity index (χ4n) is 3.23. The first-order valence-electron chi connectivity index (χ1n) is 9.74. The van der Waals surface area contributed by atoms with Crippen LogP contribution < -0.4 is 10.1 Å². The number of ether oxygens (including phenoxy) is 3. The van der Waals surface area contributed by atoms with Gasteiger partial charge >= 0.3 is 5.97 Å². The van der Waals surface area contributed by atoms with Crippen LogP contribution in [0.2, 0.25) is 0 Å². The van der Waals surface area contributed by atoms with Gasteiger partial charge in [0.25, 0.3) is 5.91 Å². The number of carbonyl (C=O) groups is 2. The van der Waals surface area contributed by atoms with E-state index >= 15 is 0 Å². The van der Waals surface area contributed by atoms with Crippen molar-refractivity contribution in [3.63, 3.8) is 0 Å². The molecule has 160 valence electrons. The molecule has 1 atom stereocenters. The lowest BCUT2D eigenvalue weighted by Crippen LogP contribution is -2.47. The summed E-state index contributed by atoms with van der Waals surface area (Å²) in [5.74, 6) is -1.40. The Labute approximate surface area is 175 Å². The number of nitrogens with zero attached hydrogens (tertiary/aromatic N) is 1. The maximum atomic E-state index is 12.1. The van der Waals surface area contributed by atoms with Gasteiger partial charge in [-0.15, -0.1) is 0 Å². The Morgan fingerprint density at radius 2 is 2.00 bits per heavy atom. The van der Waals surface area contributed by atoms with Crippen LogP contribution in [0.4, 0.5) is 0 Å². The molecule has 0 aliphatic carbocycles. The lowest BCUT2D eigenvalue weighted by atomic mass is 10.2. The van der Waals surface area contributed by atoms with Gasteiger partial charge in [-0.25, -0.2) is 4.79 Å². The summed E-state index contributed by atoms with van der Waals surface area (Å²) >= 11 is 0. The van der Waals surface area contributed by atoms with Crippen molar-refractivity contribution in [2.45, 2.75) is 12.6 Å². The van der Waals surface area contributed by atoms with Crippen LogP contribution in [0.5, 0.6) is 11.5 Å². The molecule has 1 amide bonds. The van der Waals surface area contributed by atoms with Crippen molar-refractivity contribution >= 4 is 11.9 Å². The molecule has 1 saturated heterocycles. The van der Waals surface area contributed by atoms with E-state index in [0.717, 1.165) is 13.1 Å². The van der Waals surface area contributed by atoms with E-state index in [1.54, 1.807) is 6.07 Å². The van der Waals surface area contributed by atoms with E-state index < -0.39 is 18.5 Å². The first-order chi connectivity index (χ1) is 14.6. The molecule has 8 heteroatoms. The Morgan fingerprint density at radius 3 is 2.77 bits per heavy atom. The number of rotatable bonds is 8. The Bertz CT molecular complexity index is 858. The number of methoxy groups -OCH3 is 1. The molecular weight excluding hydrogens is 388 g/mol. The summed E-state index contributed by atoms with van der Waals surface area (Å²) in [4.78, 5) is 26.4. The number of amides is 1. The summed E-state index contributed by atoms with van der Waals surface area (Å²) < 4.78 is 15.7. The molecule has 2 aromatic rings. The fraction of sp³-hybridized carbons (Fsp3) is 0.364. The Balaban J connectivity index is 1.41. The second-order valence-corrected chi connectivity index (χ2v) is 6.95. The van der Waals surface area contributed by atoms with Gasteiger partial charge in [-0.05, 0) is 17.7 Å². The minimum atomic E-state index is -0.801. The quantitative estimate of drug-likeness (QED) is 0.633. The zero-order chi connectivity index (χ0) is 21.3. The van der Waals surface area contributed by atoms with E-state index in [1.165, 1.54) is 24.8 Å². The smallest absolute Gasteiger partial charge is 0.342 e. The molecule has 1 fully saturated rings. The Kier molecular flexibility index (Phi) is 7.64. The predicted octanol–water partition coefficient (Wildman–Crippen LogP) is 1.57. The van der Waals surface area contributed by atoms with Crippen LogP contribution in [-0.2, 0) is 20.8 Å². The van der Waals surface area contributed by atoms with Gasteiger partial charge in [-0.2, -0.15) is 0 Å². The monoisotopic (exact) mass is 414 g/mol. The topological polar surface area (TPSA) is 97.3 Å². The number of phenolic OH excluding ortho intramolecular Hbond substituents is 1. The van der Waals surface area contributed by atoms with E-state index in [4.69, 9.17) is 14.2 Å². The summed E-state index contributed by atoms with van der Waals surface area (Å²) in [6.07, 6.45) is -0.135. The van der Waals surface area contributed by atoms with Crippen LogP contribution in [0.1, 0.15) is 15.9 Å². The summed E-state index contributed by atoms with van der Waals surface area (Å²) in [7, 11) is 1.38. The third kappa shape index (κ3) is 5.95. The number of hydrogen-bond acceptors (Lipinski definition) is 7. The molecule has 2 N–H and O–H groups in total. The van der Waals surface area contributed by atoms with Crippen LogP contribution in [0.25, 0.3) is 0 Å². The van der Waals surface area contributed by atoms with Crippen molar-refractivity contribution in [1.82, 2.24) is 10.2 Å². The molecule has 1 aliphatic rings. The fourth-order valence-corrected chi connectivity index (χ4v) is 3.23. The molecule has 1 heterocycles. The Hall–Kier alpha value is -3.10. The van der Waals surface area contributed by atoms with Crippen LogP contribution in [0, 0.1) is 0 Å². The summed E-state index contributed by atoms with van der Waals surface area (Å²) in [6, 6.07) is 14.7. The number of para-hydroxylation sites is 1. The SMILES string of the molecule is COc1cccc(C(=O)OCC(=O)NCC2CN(Cc3ccccc3)CCO2)c1O. The van der Waals surface area contributed by atoms with Crippen molar-refractivity contribution in [3.05, 3.63) is 59.7 Å². The second kappa shape index (κ2) is 10.6.